The third-order valence-electron chi connectivity index (χ3n) is 5.35. The van der Waals surface area contributed by atoms with Crippen LogP contribution in [0.5, 0.6) is 0 Å². The Morgan fingerprint density at radius 2 is 2.00 bits per heavy atom. The predicted molar refractivity (Wildman–Crippen MR) is 81.7 cm³/mol. The van der Waals surface area contributed by atoms with Gasteiger partial charge in [-0.05, 0) is 37.4 Å². The van der Waals surface area contributed by atoms with Crippen molar-refractivity contribution in [2.45, 2.75) is 77.1 Å². The zero-order valence-corrected chi connectivity index (χ0v) is 14.1. The first-order valence-corrected chi connectivity index (χ1v) is 10.5. The van der Waals surface area contributed by atoms with Crippen molar-refractivity contribution in [2.24, 2.45) is 5.41 Å². The Morgan fingerprint density at radius 3 is 2.58 bits per heavy atom. The van der Waals surface area contributed by atoms with E-state index in [1.807, 2.05) is 0 Å². The van der Waals surface area contributed by atoms with E-state index < -0.39 is 8.32 Å². The molecule has 1 fully saturated rings. The maximum absolute atomic E-state index is 12.4. The number of Topliss-reactive ketones (excluding diaryl/α,β-unsaturated/α-hetero) is 1. The first-order valence-electron chi connectivity index (χ1n) is 7.58. The van der Waals surface area contributed by atoms with Crippen molar-refractivity contribution in [2.75, 3.05) is 0 Å². The normalized spacial score (nSPS) is 32.3. The van der Waals surface area contributed by atoms with Crippen LogP contribution in [-0.2, 0) is 9.22 Å². The van der Waals surface area contributed by atoms with E-state index in [4.69, 9.17) is 4.43 Å². The summed E-state index contributed by atoms with van der Waals surface area (Å²) in [5.41, 5.74) is -0.284. The number of carbonyl (C=O) groups excluding carboxylic acids is 1. The van der Waals surface area contributed by atoms with Crippen LogP contribution in [0, 0.1) is 5.41 Å². The molecule has 0 N–H and O–H groups in total. The smallest absolute Gasteiger partial charge is 0.192 e. The van der Waals surface area contributed by atoms with Gasteiger partial charge in [-0.1, -0.05) is 39.3 Å². The third kappa shape index (κ3) is 2.59. The van der Waals surface area contributed by atoms with Crippen LogP contribution in [0.4, 0.5) is 0 Å². The van der Waals surface area contributed by atoms with Crippen molar-refractivity contribution >= 4 is 14.1 Å². The van der Waals surface area contributed by atoms with E-state index in [1.54, 1.807) is 0 Å². The summed E-state index contributed by atoms with van der Waals surface area (Å²) in [7, 11) is -1.80. The predicted octanol–water partition coefficient (Wildman–Crippen LogP) is 4.47. The standard InChI is InChI=1S/C16H28O2Si/c1-15(2,3)19(4,5)18-14-10-8-12-16(14)11-7-6-9-13(16)17/h8,12,14H,6-7,9-11H2,1-5H3. The first-order chi connectivity index (χ1) is 8.69. The van der Waals surface area contributed by atoms with Crippen LogP contribution < -0.4 is 0 Å². The Morgan fingerprint density at radius 1 is 1.32 bits per heavy atom. The van der Waals surface area contributed by atoms with Gasteiger partial charge in [-0.15, -0.1) is 0 Å². The monoisotopic (exact) mass is 280 g/mol. The minimum Gasteiger partial charge on any atom is -0.412 e. The Kier molecular flexibility index (Phi) is 3.82. The molecule has 0 bridgehead atoms. The van der Waals surface area contributed by atoms with Crippen LogP contribution >= 0.6 is 0 Å². The lowest BCUT2D eigenvalue weighted by atomic mass is 9.71. The second-order valence-corrected chi connectivity index (χ2v) is 12.4. The second kappa shape index (κ2) is 4.85. The molecule has 1 saturated carbocycles. The van der Waals surface area contributed by atoms with E-state index in [2.05, 4.69) is 46.0 Å². The molecule has 0 aromatic heterocycles. The van der Waals surface area contributed by atoms with Gasteiger partial charge in [0.15, 0.2) is 8.32 Å². The summed E-state index contributed by atoms with van der Waals surface area (Å²) in [6.45, 7) is 11.4. The van der Waals surface area contributed by atoms with E-state index >= 15 is 0 Å². The molecule has 0 amide bonds. The maximum atomic E-state index is 12.4. The van der Waals surface area contributed by atoms with Gasteiger partial charge in [0.2, 0.25) is 0 Å². The number of hydrogen-bond donors (Lipinski definition) is 0. The molecule has 0 saturated heterocycles. The largest absolute Gasteiger partial charge is 0.412 e. The summed E-state index contributed by atoms with van der Waals surface area (Å²) < 4.78 is 6.58. The summed E-state index contributed by atoms with van der Waals surface area (Å²) in [5.74, 6) is 0.413. The summed E-state index contributed by atoms with van der Waals surface area (Å²) in [6, 6.07) is 0. The van der Waals surface area contributed by atoms with Gasteiger partial charge in [0, 0.05) is 6.42 Å². The molecule has 2 atom stereocenters. The van der Waals surface area contributed by atoms with Gasteiger partial charge in [0.25, 0.3) is 0 Å². The Balaban J connectivity index is 2.19. The zero-order valence-electron chi connectivity index (χ0n) is 13.1. The highest BCUT2D eigenvalue weighted by molar-refractivity contribution is 6.74. The van der Waals surface area contributed by atoms with Gasteiger partial charge >= 0.3 is 0 Å². The summed E-state index contributed by atoms with van der Waals surface area (Å²) in [4.78, 5) is 12.4. The highest BCUT2D eigenvalue weighted by Crippen LogP contribution is 2.47. The highest BCUT2D eigenvalue weighted by Gasteiger charge is 2.50. The Hall–Kier alpha value is -0.413. The number of hydrogen-bond acceptors (Lipinski definition) is 2. The van der Waals surface area contributed by atoms with Gasteiger partial charge in [-0.2, -0.15) is 0 Å². The van der Waals surface area contributed by atoms with E-state index in [-0.39, 0.29) is 16.6 Å². The minimum atomic E-state index is -1.80. The van der Waals surface area contributed by atoms with Crippen molar-refractivity contribution in [3.05, 3.63) is 12.2 Å². The lowest BCUT2D eigenvalue weighted by molar-refractivity contribution is -0.133. The molecule has 1 spiro atoms. The molecule has 2 unspecified atom stereocenters. The molecular formula is C16H28O2Si. The van der Waals surface area contributed by atoms with Crippen LogP contribution in [-0.4, -0.2) is 20.2 Å². The molecule has 2 aliphatic carbocycles. The van der Waals surface area contributed by atoms with Gasteiger partial charge in [0.1, 0.15) is 5.78 Å². The lowest BCUT2D eigenvalue weighted by Crippen LogP contribution is -2.50. The molecular weight excluding hydrogens is 252 g/mol. The van der Waals surface area contributed by atoms with E-state index in [9.17, 15) is 4.79 Å². The fourth-order valence-corrected chi connectivity index (χ4v) is 4.37. The number of ketones is 1. The Bertz CT molecular complexity index is 392. The van der Waals surface area contributed by atoms with Gasteiger partial charge < -0.3 is 4.43 Å². The van der Waals surface area contributed by atoms with Crippen LogP contribution in [0.3, 0.4) is 0 Å². The van der Waals surface area contributed by atoms with E-state index in [1.165, 1.54) is 0 Å². The molecule has 0 aliphatic heterocycles. The fourth-order valence-electron chi connectivity index (χ4n) is 3.00. The SMILES string of the molecule is CC(C)(C)[Si](C)(C)OC1CC=CC12CCCCC2=O. The van der Waals surface area contributed by atoms with Crippen molar-refractivity contribution < 1.29 is 9.22 Å². The highest BCUT2D eigenvalue weighted by atomic mass is 28.4. The summed E-state index contributed by atoms with van der Waals surface area (Å²) in [5, 5.41) is 0.203. The molecule has 0 aromatic rings. The molecule has 0 aromatic carbocycles. The van der Waals surface area contributed by atoms with Crippen LogP contribution in [0.25, 0.3) is 0 Å². The summed E-state index contributed by atoms with van der Waals surface area (Å²) >= 11 is 0. The van der Waals surface area contributed by atoms with Gasteiger partial charge in [0.05, 0.1) is 11.5 Å². The first kappa shape index (κ1) is 15.0. The van der Waals surface area contributed by atoms with Crippen molar-refractivity contribution in [1.29, 1.82) is 0 Å². The zero-order chi connectivity index (χ0) is 14.3. The summed E-state index contributed by atoms with van der Waals surface area (Å²) in [6.07, 6.45) is 9.28. The van der Waals surface area contributed by atoms with Crippen LogP contribution in [0.15, 0.2) is 12.2 Å². The van der Waals surface area contributed by atoms with E-state index in [0.717, 1.165) is 32.1 Å². The maximum Gasteiger partial charge on any atom is 0.192 e. The average molecular weight is 280 g/mol. The molecule has 108 valence electrons. The van der Waals surface area contributed by atoms with Crippen LogP contribution in [0.1, 0.15) is 52.9 Å². The molecule has 3 heteroatoms. The fraction of sp³-hybridized carbons (Fsp3) is 0.812. The molecule has 2 rings (SSSR count). The quantitative estimate of drug-likeness (QED) is 0.551. The van der Waals surface area contributed by atoms with Gasteiger partial charge in [-0.3, -0.25) is 4.79 Å². The van der Waals surface area contributed by atoms with Crippen molar-refractivity contribution in [3.63, 3.8) is 0 Å². The molecule has 0 radical (unpaired) electrons. The number of carbonyl (C=O) groups is 1. The Labute approximate surface area is 118 Å². The average Bonchev–Trinajstić information content (AvgIpc) is 2.65. The minimum absolute atomic E-state index is 0.0983. The molecule has 2 aliphatic rings. The molecule has 0 heterocycles. The van der Waals surface area contributed by atoms with Crippen molar-refractivity contribution in [3.8, 4) is 0 Å². The van der Waals surface area contributed by atoms with Crippen LogP contribution in [0.2, 0.25) is 18.1 Å². The molecule has 19 heavy (non-hydrogen) atoms. The van der Waals surface area contributed by atoms with E-state index in [0.29, 0.717) is 5.78 Å². The topological polar surface area (TPSA) is 26.3 Å². The number of rotatable bonds is 2. The third-order valence-corrected chi connectivity index (χ3v) is 9.83. The molecule has 2 nitrogen and oxygen atoms in total. The lowest BCUT2D eigenvalue weighted by Gasteiger charge is -2.44. The van der Waals surface area contributed by atoms with Gasteiger partial charge in [-0.25, -0.2) is 0 Å². The second-order valence-electron chi connectivity index (χ2n) is 7.68. The van der Waals surface area contributed by atoms with Crippen molar-refractivity contribution in [1.82, 2.24) is 0 Å².